The van der Waals surface area contributed by atoms with Gasteiger partial charge in [0.15, 0.2) is 0 Å². The molecule has 0 fully saturated rings. The van der Waals surface area contributed by atoms with Crippen LogP contribution in [0, 0.1) is 5.82 Å². The topological polar surface area (TPSA) is 49.3 Å². The molecular weight excluding hydrogens is 269 g/mol. The maximum atomic E-state index is 13.0. The molecule has 1 amide bonds. The zero-order chi connectivity index (χ0) is 13.8. The van der Waals surface area contributed by atoms with Crippen molar-refractivity contribution in [1.29, 1.82) is 0 Å². The minimum absolute atomic E-state index is 0.110. The summed E-state index contributed by atoms with van der Waals surface area (Å²) in [6.07, 6.45) is 0. The highest BCUT2D eigenvalue weighted by molar-refractivity contribution is 6.17. The van der Waals surface area contributed by atoms with Crippen molar-refractivity contribution in [2.75, 3.05) is 5.32 Å². The maximum Gasteiger partial charge on any atom is 0.259 e. The van der Waals surface area contributed by atoms with Gasteiger partial charge in [-0.2, -0.15) is 0 Å². The molecule has 0 saturated heterocycles. The molecule has 98 valence electrons. The van der Waals surface area contributed by atoms with Crippen LogP contribution in [0.4, 0.5) is 10.1 Å². The molecule has 0 aliphatic carbocycles. The lowest BCUT2D eigenvalue weighted by molar-refractivity contribution is 0.102. The molecule has 0 radical (unpaired) electrons. The number of rotatable bonds is 3. The SMILES string of the molecule is O=C(Nc1ccc(CCl)cc1)c1cc(F)ccc1O. The van der Waals surface area contributed by atoms with E-state index in [0.717, 1.165) is 23.8 Å². The molecule has 2 rings (SSSR count). The number of halogens is 2. The third kappa shape index (κ3) is 3.23. The van der Waals surface area contributed by atoms with Gasteiger partial charge in [-0.1, -0.05) is 12.1 Å². The molecule has 3 nitrogen and oxygen atoms in total. The molecule has 0 spiro atoms. The Kier molecular flexibility index (Phi) is 4.02. The first kappa shape index (κ1) is 13.4. The van der Waals surface area contributed by atoms with E-state index in [0.29, 0.717) is 11.6 Å². The van der Waals surface area contributed by atoms with Crippen molar-refractivity contribution < 1.29 is 14.3 Å². The summed E-state index contributed by atoms with van der Waals surface area (Å²) in [5.74, 6) is -1.04. The van der Waals surface area contributed by atoms with E-state index in [9.17, 15) is 14.3 Å². The molecule has 0 aliphatic rings. The second-order valence-electron chi connectivity index (χ2n) is 3.95. The molecule has 0 bridgehead atoms. The quantitative estimate of drug-likeness (QED) is 0.845. The lowest BCUT2D eigenvalue weighted by atomic mass is 10.1. The van der Waals surface area contributed by atoms with Crippen LogP contribution in [0.5, 0.6) is 5.75 Å². The molecule has 0 heterocycles. The molecule has 2 aromatic rings. The number of phenols is 1. The lowest BCUT2D eigenvalue weighted by Gasteiger charge is -2.07. The fourth-order valence-corrected chi connectivity index (χ4v) is 1.74. The number of benzene rings is 2. The van der Waals surface area contributed by atoms with E-state index in [1.807, 2.05) is 0 Å². The van der Waals surface area contributed by atoms with E-state index in [1.165, 1.54) is 0 Å². The van der Waals surface area contributed by atoms with E-state index < -0.39 is 11.7 Å². The van der Waals surface area contributed by atoms with E-state index >= 15 is 0 Å². The summed E-state index contributed by atoms with van der Waals surface area (Å²) in [4.78, 5) is 11.9. The van der Waals surface area contributed by atoms with Crippen molar-refractivity contribution in [3.05, 3.63) is 59.4 Å². The van der Waals surface area contributed by atoms with Crippen LogP contribution in [-0.2, 0) is 5.88 Å². The molecule has 5 heteroatoms. The van der Waals surface area contributed by atoms with Crippen LogP contribution in [0.25, 0.3) is 0 Å². The Bertz CT molecular complexity index is 599. The van der Waals surface area contributed by atoms with Crippen molar-refractivity contribution in [1.82, 2.24) is 0 Å². The lowest BCUT2D eigenvalue weighted by Crippen LogP contribution is -2.12. The van der Waals surface area contributed by atoms with Gasteiger partial charge in [-0.05, 0) is 35.9 Å². The van der Waals surface area contributed by atoms with Gasteiger partial charge in [0.2, 0.25) is 0 Å². The Labute approximate surface area is 114 Å². The zero-order valence-electron chi connectivity index (χ0n) is 9.86. The first-order chi connectivity index (χ1) is 9.10. The number of hydrogen-bond acceptors (Lipinski definition) is 2. The highest BCUT2D eigenvalue weighted by Gasteiger charge is 2.12. The summed E-state index contributed by atoms with van der Waals surface area (Å²) in [7, 11) is 0. The third-order valence-corrected chi connectivity index (χ3v) is 2.88. The van der Waals surface area contributed by atoms with Gasteiger partial charge in [-0.15, -0.1) is 11.6 Å². The summed E-state index contributed by atoms with van der Waals surface area (Å²) in [6.45, 7) is 0. The largest absolute Gasteiger partial charge is 0.507 e. The molecular formula is C14H11ClFNO2. The standard InChI is InChI=1S/C14H11ClFNO2/c15-8-9-1-4-11(5-2-9)17-14(19)12-7-10(16)3-6-13(12)18/h1-7,18H,8H2,(H,17,19). The Morgan fingerprint density at radius 2 is 1.89 bits per heavy atom. The van der Waals surface area contributed by atoms with Gasteiger partial charge in [-0.25, -0.2) is 4.39 Å². The number of anilines is 1. The molecule has 0 saturated carbocycles. The van der Waals surface area contributed by atoms with Crippen molar-refractivity contribution in [2.45, 2.75) is 5.88 Å². The smallest absolute Gasteiger partial charge is 0.259 e. The Balaban J connectivity index is 2.18. The van der Waals surface area contributed by atoms with Gasteiger partial charge in [0.05, 0.1) is 5.56 Å². The second kappa shape index (κ2) is 5.71. The van der Waals surface area contributed by atoms with Crippen LogP contribution in [0.15, 0.2) is 42.5 Å². The van der Waals surface area contributed by atoms with Crippen LogP contribution in [0.1, 0.15) is 15.9 Å². The average Bonchev–Trinajstić information content (AvgIpc) is 2.42. The predicted octanol–water partition coefficient (Wildman–Crippen LogP) is 3.52. The number of aromatic hydroxyl groups is 1. The third-order valence-electron chi connectivity index (χ3n) is 2.57. The van der Waals surface area contributed by atoms with Crippen LogP contribution >= 0.6 is 11.6 Å². The van der Waals surface area contributed by atoms with Gasteiger partial charge in [0, 0.05) is 11.6 Å². The van der Waals surface area contributed by atoms with Crippen molar-refractivity contribution >= 4 is 23.2 Å². The summed E-state index contributed by atoms with van der Waals surface area (Å²) >= 11 is 5.66. The van der Waals surface area contributed by atoms with Crippen LogP contribution in [0.3, 0.4) is 0 Å². The molecule has 0 aliphatic heterocycles. The Morgan fingerprint density at radius 3 is 2.53 bits per heavy atom. The van der Waals surface area contributed by atoms with E-state index in [4.69, 9.17) is 11.6 Å². The minimum atomic E-state index is -0.583. The summed E-state index contributed by atoms with van der Waals surface area (Å²) in [5, 5.41) is 12.1. The number of alkyl halides is 1. The molecule has 2 aromatic carbocycles. The van der Waals surface area contributed by atoms with E-state index in [1.54, 1.807) is 24.3 Å². The summed E-state index contributed by atoms with van der Waals surface area (Å²) < 4.78 is 13.0. The average molecular weight is 280 g/mol. The number of carbonyl (C=O) groups is 1. The number of nitrogens with one attached hydrogen (secondary N) is 1. The van der Waals surface area contributed by atoms with Crippen LogP contribution in [-0.4, -0.2) is 11.0 Å². The zero-order valence-corrected chi connectivity index (χ0v) is 10.6. The van der Waals surface area contributed by atoms with Gasteiger partial charge in [-0.3, -0.25) is 4.79 Å². The van der Waals surface area contributed by atoms with Gasteiger partial charge in [0.1, 0.15) is 11.6 Å². The highest BCUT2D eigenvalue weighted by atomic mass is 35.5. The van der Waals surface area contributed by atoms with Crippen molar-refractivity contribution in [3.8, 4) is 5.75 Å². The monoisotopic (exact) mass is 279 g/mol. The predicted molar refractivity (Wildman–Crippen MR) is 72.0 cm³/mol. The van der Waals surface area contributed by atoms with Crippen LogP contribution < -0.4 is 5.32 Å². The molecule has 0 atom stereocenters. The summed E-state index contributed by atoms with van der Waals surface area (Å²) in [6, 6.07) is 10.1. The van der Waals surface area contributed by atoms with E-state index in [2.05, 4.69) is 5.32 Å². The number of carbonyl (C=O) groups excluding carboxylic acids is 1. The van der Waals surface area contributed by atoms with Gasteiger partial charge >= 0.3 is 0 Å². The molecule has 19 heavy (non-hydrogen) atoms. The van der Waals surface area contributed by atoms with Gasteiger partial charge < -0.3 is 10.4 Å². The van der Waals surface area contributed by atoms with Crippen LogP contribution in [0.2, 0.25) is 0 Å². The maximum absolute atomic E-state index is 13.0. The first-order valence-corrected chi connectivity index (χ1v) is 6.08. The Hall–Kier alpha value is -2.07. The van der Waals surface area contributed by atoms with Gasteiger partial charge in [0.25, 0.3) is 5.91 Å². The molecule has 0 unspecified atom stereocenters. The van der Waals surface area contributed by atoms with E-state index in [-0.39, 0.29) is 11.3 Å². The molecule has 0 aromatic heterocycles. The normalized spacial score (nSPS) is 10.2. The Morgan fingerprint density at radius 1 is 1.21 bits per heavy atom. The van der Waals surface area contributed by atoms with Crippen molar-refractivity contribution in [3.63, 3.8) is 0 Å². The second-order valence-corrected chi connectivity index (χ2v) is 4.21. The fraction of sp³-hybridized carbons (Fsp3) is 0.0714. The minimum Gasteiger partial charge on any atom is -0.507 e. The number of hydrogen-bond donors (Lipinski definition) is 2. The highest BCUT2D eigenvalue weighted by Crippen LogP contribution is 2.20. The number of phenolic OH excluding ortho intramolecular Hbond substituents is 1. The molecule has 2 N–H and O–H groups in total. The number of amides is 1. The van der Waals surface area contributed by atoms with Crippen molar-refractivity contribution in [2.24, 2.45) is 0 Å². The first-order valence-electron chi connectivity index (χ1n) is 5.55. The fourth-order valence-electron chi connectivity index (χ4n) is 1.57. The summed E-state index contributed by atoms with van der Waals surface area (Å²) in [5.41, 5.74) is 1.36.